The Labute approximate surface area is 125 Å². The van der Waals surface area contributed by atoms with Gasteiger partial charge < -0.3 is 19.1 Å². The largest absolute Gasteiger partial charge is 0.546 e. The van der Waals surface area contributed by atoms with Crippen LogP contribution < -0.4 is 15.3 Å². The molecule has 22 heavy (non-hydrogen) atoms. The van der Waals surface area contributed by atoms with E-state index in [9.17, 15) is 14.7 Å². The Morgan fingerprint density at radius 1 is 1.05 bits per heavy atom. The first-order chi connectivity index (χ1) is 10.7. The number of aliphatic carboxylic acids is 1. The minimum atomic E-state index is -1.41. The molecule has 0 aliphatic rings. The van der Waals surface area contributed by atoms with Crippen LogP contribution in [-0.4, -0.2) is 12.6 Å². The van der Waals surface area contributed by atoms with Crippen LogP contribution in [0.5, 0.6) is 5.75 Å². The maximum Gasteiger partial charge on any atom is 0.235 e. The third kappa shape index (κ3) is 2.56. The van der Waals surface area contributed by atoms with Gasteiger partial charge in [0, 0.05) is 5.56 Å². The molecule has 0 unspecified atom stereocenters. The molecule has 5 heteroatoms. The van der Waals surface area contributed by atoms with E-state index in [0.29, 0.717) is 16.5 Å². The summed E-state index contributed by atoms with van der Waals surface area (Å²) in [6.45, 7) is -0.719. The summed E-state index contributed by atoms with van der Waals surface area (Å²) in [6.07, 6.45) is 0. The first-order valence-electron chi connectivity index (χ1n) is 6.61. The van der Waals surface area contributed by atoms with Crippen LogP contribution in [0.4, 0.5) is 0 Å². The van der Waals surface area contributed by atoms with Gasteiger partial charge in [-0.3, -0.25) is 4.79 Å². The highest BCUT2D eigenvalue weighted by molar-refractivity contribution is 5.82. The van der Waals surface area contributed by atoms with Gasteiger partial charge in [-0.15, -0.1) is 0 Å². The molecule has 0 bridgehead atoms. The Morgan fingerprint density at radius 3 is 2.45 bits per heavy atom. The van der Waals surface area contributed by atoms with E-state index in [-0.39, 0.29) is 11.5 Å². The highest BCUT2D eigenvalue weighted by Gasteiger charge is 2.17. The molecule has 1 heterocycles. The lowest BCUT2D eigenvalue weighted by molar-refractivity contribution is -0.307. The van der Waals surface area contributed by atoms with E-state index in [1.807, 2.05) is 6.07 Å². The molecule has 0 N–H and O–H groups in total. The number of fused-ring (bicyclic) bond motifs is 1. The monoisotopic (exact) mass is 295 g/mol. The van der Waals surface area contributed by atoms with E-state index in [0.717, 1.165) is 0 Å². The SMILES string of the molecule is O=C([O-])COc1c(-c2ccccc2)oc2ccccc2c1=O. The van der Waals surface area contributed by atoms with E-state index < -0.39 is 18.0 Å². The number of hydrogen-bond donors (Lipinski definition) is 0. The normalized spacial score (nSPS) is 10.5. The quantitative estimate of drug-likeness (QED) is 0.730. The van der Waals surface area contributed by atoms with Gasteiger partial charge in [0.25, 0.3) is 0 Å². The molecule has 0 atom stereocenters. The smallest absolute Gasteiger partial charge is 0.235 e. The van der Waals surface area contributed by atoms with E-state index >= 15 is 0 Å². The van der Waals surface area contributed by atoms with E-state index in [1.165, 1.54) is 0 Å². The fourth-order valence-corrected chi connectivity index (χ4v) is 2.17. The molecule has 0 saturated heterocycles. The lowest BCUT2D eigenvalue weighted by atomic mass is 10.1. The van der Waals surface area contributed by atoms with Crippen molar-refractivity contribution in [2.75, 3.05) is 6.61 Å². The zero-order chi connectivity index (χ0) is 15.5. The Balaban J connectivity index is 2.26. The molecule has 0 radical (unpaired) electrons. The van der Waals surface area contributed by atoms with Crippen molar-refractivity contribution >= 4 is 16.9 Å². The number of para-hydroxylation sites is 1. The number of hydrogen-bond acceptors (Lipinski definition) is 5. The third-order valence-electron chi connectivity index (χ3n) is 3.13. The van der Waals surface area contributed by atoms with Gasteiger partial charge >= 0.3 is 0 Å². The lowest BCUT2D eigenvalue weighted by Gasteiger charge is -2.11. The molecular weight excluding hydrogens is 284 g/mol. The molecular formula is C17H11O5-. The zero-order valence-electron chi connectivity index (χ0n) is 11.4. The van der Waals surface area contributed by atoms with Gasteiger partial charge in [0.2, 0.25) is 11.2 Å². The summed E-state index contributed by atoms with van der Waals surface area (Å²) >= 11 is 0. The van der Waals surface area contributed by atoms with Crippen LogP contribution in [0, 0.1) is 0 Å². The van der Waals surface area contributed by atoms with E-state index in [4.69, 9.17) is 9.15 Å². The topological polar surface area (TPSA) is 79.6 Å². The van der Waals surface area contributed by atoms with Gasteiger partial charge in [-0.1, -0.05) is 42.5 Å². The molecule has 0 aliphatic carbocycles. The predicted molar refractivity (Wildman–Crippen MR) is 78.4 cm³/mol. The van der Waals surface area contributed by atoms with Gasteiger partial charge in [0.1, 0.15) is 12.2 Å². The molecule has 5 nitrogen and oxygen atoms in total. The summed E-state index contributed by atoms with van der Waals surface area (Å²) < 4.78 is 10.9. The number of carboxylic acids is 1. The zero-order valence-corrected chi connectivity index (χ0v) is 11.4. The summed E-state index contributed by atoms with van der Waals surface area (Å²) in [5.74, 6) is -1.34. The van der Waals surface area contributed by atoms with Crippen molar-refractivity contribution in [2.24, 2.45) is 0 Å². The highest BCUT2D eigenvalue weighted by Crippen LogP contribution is 2.30. The third-order valence-corrected chi connectivity index (χ3v) is 3.13. The Hall–Kier alpha value is -3.08. The molecule has 0 saturated carbocycles. The summed E-state index contributed by atoms with van der Waals surface area (Å²) in [5.41, 5.74) is 0.618. The Morgan fingerprint density at radius 2 is 1.73 bits per heavy atom. The average Bonchev–Trinajstić information content (AvgIpc) is 2.54. The van der Waals surface area contributed by atoms with Crippen LogP contribution in [0.3, 0.4) is 0 Å². The van der Waals surface area contributed by atoms with Gasteiger partial charge in [0.15, 0.2) is 5.76 Å². The molecule has 3 rings (SSSR count). The molecule has 2 aromatic carbocycles. The fourth-order valence-electron chi connectivity index (χ4n) is 2.17. The first kappa shape index (κ1) is 13.9. The van der Waals surface area contributed by atoms with Crippen molar-refractivity contribution in [3.8, 4) is 17.1 Å². The first-order valence-corrected chi connectivity index (χ1v) is 6.61. The number of carboxylic acid groups (broad SMARTS) is 1. The van der Waals surface area contributed by atoms with Crippen LogP contribution in [-0.2, 0) is 4.79 Å². The molecule has 0 aliphatic heterocycles. The Kier molecular flexibility index (Phi) is 3.62. The second kappa shape index (κ2) is 5.73. The summed E-state index contributed by atoms with van der Waals surface area (Å²) in [7, 11) is 0. The lowest BCUT2D eigenvalue weighted by Crippen LogP contribution is -2.30. The molecule has 0 spiro atoms. The molecule has 3 aromatic rings. The van der Waals surface area contributed by atoms with Crippen LogP contribution in [0.25, 0.3) is 22.3 Å². The fraction of sp³-hybridized carbons (Fsp3) is 0.0588. The van der Waals surface area contributed by atoms with Gasteiger partial charge in [-0.25, -0.2) is 0 Å². The van der Waals surface area contributed by atoms with Gasteiger partial charge in [-0.05, 0) is 12.1 Å². The molecule has 0 amide bonds. The summed E-state index contributed by atoms with van der Waals surface area (Å²) in [4.78, 5) is 23.2. The minimum Gasteiger partial charge on any atom is -0.546 e. The number of carbonyl (C=O) groups is 1. The van der Waals surface area contributed by atoms with Crippen molar-refractivity contribution in [1.82, 2.24) is 0 Å². The number of carbonyl (C=O) groups excluding carboxylic acids is 1. The van der Waals surface area contributed by atoms with Crippen LogP contribution in [0.15, 0.2) is 63.8 Å². The maximum atomic E-state index is 12.5. The number of benzene rings is 2. The maximum absolute atomic E-state index is 12.5. The molecule has 110 valence electrons. The van der Waals surface area contributed by atoms with Crippen molar-refractivity contribution in [3.63, 3.8) is 0 Å². The van der Waals surface area contributed by atoms with Crippen molar-refractivity contribution in [1.29, 1.82) is 0 Å². The molecule has 1 aromatic heterocycles. The van der Waals surface area contributed by atoms with Gasteiger partial charge in [0.05, 0.1) is 11.4 Å². The van der Waals surface area contributed by atoms with Crippen molar-refractivity contribution in [3.05, 3.63) is 64.8 Å². The summed E-state index contributed by atoms with van der Waals surface area (Å²) in [6, 6.07) is 15.6. The second-order valence-corrected chi connectivity index (χ2v) is 4.61. The highest BCUT2D eigenvalue weighted by atomic mass is 16.5. The second-order valence-electron chi connectivity index (χ2n) is 4.61. The van der Waals surface area contributed by atoms with E-state index in [1.54, 1.807) is 48.5 Å². The Bertz CT molecular complexity index is 880. The van der Waals surface area contributed by atoms with Crippen molar-refractivity contribution < 1.29 is 19.1 Å². The van der Waals surface area contributed by atoms with Crippen LogP contribution >= 0.6 is 0 Å². The minimum absolute atomic E-state index is 0.130. The number of rotatable bonds is 4. The van der Waals surface area contributed by atoms with Gasteiger partial charge in [-0.2, -0.15) is 0 Å². The van der Waals surface area contributed by atoms with Crippen LogP contribution in [0.1, 0.15) is 0 Å². The van der Waals surface area contributed by atoms with E-state index in [2.05, 4.69) is 0 Å². The standard InChI is InChI=1S/C17H12O5/c18-14(19)10-21-17-15(20)12-8-4-5-9-13(12)22-16(17)11-6-2-1-3-7-11/h1-9H,10H2,(H,18,19)/p-1. The number of ether oxygens (including phenoxy) is 1. The summed E-state index contributed by atoms with van der Waals surface area (Å²) in [5, 5.41) is 11.0. The predicted octanol–water partition coefficient (Wildman–Crippen LogP) is 1.59. The van der Waals surface area contributed by atoms with Crippen LogP contribution in [0.2, 0.25) is 0 Å². The average molecular weight is 295 g/mol. The van der Waals surface area contributed by atoms with Crippen molar-refractivity contribution in [2.45, 2.75) is 0 Å². The molecule has 0 fully saturated rings.